The molecule has 1 aliphatic rings. The number of rotatable bonds is 3. The van der Waals surface area contributed by atoms with Crippen LogP contribution >= 0.6 is 0 Å². The topological polar surface area (TPSA) is 57.6 Å². The quantitative estimate of drug-likeness (QED) is 0.700. The lowest BCUT2D eigenvalue weighted by atomic mass is 9.93. The molecule has 0 aromatic heterocycles. The summed E-state index contributed by atoms with van der Waals surface area (Å²) in [4.78, 5) is 23.7. The Morgan fingerprint density at radius 1 is 1.40 bits per heavy atom. The Labute approximate surface area is 88.9 Å². The van der Waals surface area contributed by atoms with Gasteiger partial charge in [0.15, 0.2) is 0 Å². The predicted octanol–water partition coefficient (Wildman–Crippen LogP) is 0.834. The molecule has 0 unspecified atom stereocenters. The maximum Gasteiger partial charge on any atom is 0.257 e. The molecule has 1 aliphatic heterocycles. The highest BCUT2D eigenvalue weighted by Crippen LogP contribution is 2.21. The molecule has 0 fully saturated rings. The van der Waals surface area contributed by atoms with Crippen LogP contribution in [0.4, 0.5) is 0 Å². The van der Waals surface area contributed by atoms with Gasteiger partial charge in [-0.2, -0.15) is 0 Å². The van der Waals surface area contributed by atoms with Gasteiger partial charge in [-0.05, 0) is 6.92 Å². The molecule has 2 amide bonds. The SMILES string of the molecule is C/C(=C\C(C)(C)CO)N1C(=O)C=CC1=O. The van der Waals surface area contributed by atoms with E-state index in [2.05, 4.69) is 0 Å². The minimum atomic E-state index is -0.437. The molecule has 82 valence electrons. The molecule has 1 N–H and O–H groups in total. The highest BCUT2D eigenvalue weighted by Gasteiger charge is 2.26. The van der Waals surface area contributed by atoms with Gasteiger partial charge >= 0.3 is 0 Å². The molecule has 0 bridgehead atoms. The molecule has 0 spiro atoms. The fraction of sp³-hybridized carbons (Fsp3) is 0.455. The van der Waals surface area contributed by atoms with Gasteiger partial charge in [0.1, 0.15) is 0 Å². The number of amides is 2. The summed E-state index contributed by atoms with van der Waals surface area (Å²) in [5, 5.41) is 9.07. The van der Waals surface area contributed by atoms with E-state index in [1.54, 1.807) is 13.0 Å². The lowest BCUT2D eigenvalue weighted by Gasteiger charge is -2.21. The van der Waals surface area contributed by atoms with Crippen LogP contribution in [0.2, 0.25) is 0 Å². The van der Waals surface area contributed by atoms with Crippen molar-refractivity contribution in [3.63, 3.8) is 0 Å². The Balaban J connectivity index is 2.90. The Kier molecular flexibility index (Phi) is 3.09. The van der Waals surface area contributed by atoms with Crippen molar-refractivity contribution in [2.75, 3.05) is 6.61 Å². The van der Waals surface area contributed by atoms with Crippen molar-refractivity contribution in [2.24, 2.45) is 5.41 Å². The molecule has 15 heavy (non-hydrogen) atoms. The van der Waals surface area contributed by atoms with Crippen molar-refractivity contribution in [1.29, 1.82) is 0 Å². The minimum absolute atomic E-state index is 0.0337. The molecule has 0 aliphatic carbocycles. The zero-order valence-electron chi connectivity index (χ0n) is 9.15. The number of aliphatic hydroxyl groups is 1. The molecule has 0 saturated heterocycles. The normalized spacial score (nSPS) is 17.9. The summed E-state index contributed by atoms with van der Waals surface area (Å²) in [6.45, 7) is 5.30. The maximum absolute atomic E-state index is 11.3. The molecule has 0 saturated carbocycles. The van der Waals surface area contributed by atoms with Crippen LogP contribution in [0.1, 0.15) is 20.8 Å². The third-order valence-electron chi connectivity index (χ3n) is 2.17. The van der Waals surface area contributed by atoms with Crippen LogP contribution in [0.15, 0.2) is 23.9 Å². The molecule has 0 aromatic rings. The average Bonchev–Trinajstić information content (AvgIpc) is 2.45. The number of hydrogen-bond acceptors (Lipinski definition) is 3. The first-order valence-corrected chi connectivity index (χ1v) is 4.74. The third-order valence-corrected chi connectivity index (χ3v) is 2.17. The van der Waals surface area contributed by atoms with E-state index in [4.69, 9.17) is 5.11 Å². The summed E-state index contributed by atoms with van der Waals surface area (Å²) in [6, 6.07) is 0. The molecule has 4 heteroatoms. The van der Waals surface area contributed by atoms with Crippen molar-refractivity contribution in [2.45, 2.75) is 20.8 Å². The Hall–Kier alpha value is -1.42. The van der Waals surface area contributed by atoms with Gasteiger partial charge < -0.3 is 5.11 Å². The van der Waals surface area contributed by atoms with E-state index < -0.39 is 5.41 Å². The van der Waals surface area contributed by atoms with Crippen LogP contribution in [-0.4, -0.2) is 28.4 Å². The van der Waals surface area contributed by atoms with Crippen LogP contribution in [0, 0.1) is 5.41 Å². The second-order valence-electron chi connectivity index (χ2n) is 4.28. The van der Waals surface area contributed by atoms with Crippen molar-refractivity contribution in [3.05, 3.63) is 23.9 Å². The minimum Gasteiger partial charge on any atom is -0.395 e. The summed E-state index contributed by atoms with van der Waals surface area (Å²) >= 11 is 0. The summed E-state index contributed by atoms with van der Waals surface area (Å²) in [5.74, 6) is -0.662. The lowest BCUT2D eigenvalue weighted by molar-refractivity contribution is -0.134. The van der Waals surface area contributed by atoms with Crippen molar-refractivity contribution >= 4 is 11.8 Å². The first-order chi connectivity index (χ1) is 6.87. The van der Waals surface area contributed by atoms with Crippen molar-refractivity contribution < 1.29 is 14.7 Å². The van der Waals surface area contributed by atoms with Gasteiger partial charge in [-0.25, -0.2) is 4.90 Å². The van der Waals surface area contributed by atoms with Crippen LogP contribution in [0.3, 0.4) is 0 Å². The van der Waals surface area contributed by atoms with E-state index in [0.717, 1.165) is 4.90 Å². The molecule has 0 atom stereocenters. The van der Waals surface area contributed by atoms with Gasteiger partial charge in [0.05, 0.1) is 6.61 Å². The van der Waals surface area contributed by atoms with E-state index in [1.165, 1.54) is 12.2 Å². The fourth-order valence-corrected chi connectivity index (χ4v) is 1.42. The first kappa shape index (κ1) is 11.7. The van der Waals surface area contributed by atoms with Crippen molar-refractivity contribution in [3.8, 4) is 0 Å². The van der Waals surface area contributed by atoms with Crippen LogP contribution < -0.4 is 0 Å². The lowest BCUT2D eigenvalue weighted by Crippen LogP contribution is -2.29. The maximum atomic E-state index is 11.3. The largest absolute Gasteiger partial charge is 0.395 e. The van der Waals surface area contributed by atoms with Gasteiger partial charge in [-0.1, -0.05) is 19.9 Å². The zero-order chi connectivity index (χ0) is 11.6. The molecule has 4 nitrogen and oxygen atoms in total. The summed E-state index contributed by atoms with van der Waals surface area (Å²) in [7, 11) is 0. The summed E-state index contributed by atoms with van der Waals surface area (Å²) in [5.41, 5.74) is 0.113. The molecule has 0 radical (unpaired) electrons. The summed E-state index contributed by atoms with van der Waals surface area (Å²) < 4.78 is 0. The van der Waals surface area contributed by atoms with E-state index in [-0.39, 0.29) is 18.4 Å². The predicted molar refractivity (Wildman–Crippen MR) is 55.6 cm³/mol. The van der Waals surface area contributed by atoms with Gasteiger partial charge in [0, 0.05) is 23.3 Å². The van der Waals surface area contributed by atoms with E-state index >= 15 is 0 Å². The molecular weight excluding hydrogens is 194 g/mol. The second kappa shape index (κ2) is 3.98. The van der Waals surface area contributed by atoms with Crippen LogP contribution in [0.5, 0.6) is 0 Å². The number of carbonyl (C=O) groups excluding carboxylic acids is 2. The number of nitrogens with zero attached hydrogens (tertiary/aromatic N) is 1. The first-order valence-electron chi connectivity index (χ1n) is 4.74. The van der Waals surface area contributed by atoms with E-state index in [1.807, 2.05) is 13.8 Å². The molecule has 0 aromatic carbocycles. The molecule has 1 heterocycles. The van der Waals surface area contributed by atoms with Crippen molar-refractivity contribution in [1.82, 2.24) is 4.90 Å². The average molecular weight is 209 g/mol. The highest BCUT2D eigenvalue weighted by molar-refractivity contribution is 6.14. The van der Waals surface area contributed by atoms with Crippen LogP contribution in [0.25, 0.3) is 0 Å². The van der Waals surface area contributed by atoms with Gasteiger partial charge in [-0.3, -0.25) is 9.59 Å². The Bertz CT molecular complexity index is 335. The zero-order valence-corrected chi connectivity index (χ0v) is 9.15. The van der Waals surface area contributed by atoms with Gasteiger partial charge in [0.25, 0.3) is 11.8 Å². The highest BCUT2D eigenvalue weighted by atomic mass is 16.3. The van der Waals surface area contributed by atoms with Gasteiger partial charge in [0.2, 0.25) is 0 Å². The Morgan fingerprint density at radius 2 is 1.87 bits per heavy atom. The van der Waals surface area contributed by atoms with Gasteiger partial charge in [-0.15, -0.1) is 0 Å². The monoisotopic (exact) mass is 209 g/mol. The second-order valence-corrected chi connectivity index (χ2v) is 4.28. The number of allylic oxidation sites excluding steroid dienone is 1. The Morgan fingerprint density at radius 3 is 2.27 bits per heavy atom. The fourth-order valence-electron chi connectivity index (χ4n) is 1.42. The smallest absolute Gasteiger partial charge is 0.257 e. The number of carbonyl (C=O) groups is 2. The molecular formula is C11H15NO3. The number of aliphatic hydroxyl groups excluding tert-OH is 1. The molecule has 1 rings (SSSR count). The third kappa shape index (κ3) is 2.53. The van der Waals surface area contributed by atoms with E-state index in [9.17, 15) is 9.59 Å². The van der Waals surface area contributed by atoms with E-state index in [0.29, 0.717) is 5.70 Å². The standard InChI is InChI=1S/C11H15NO3/c1-8(6-11(2,3)7-13)12-9(14)4-5-10(12)15/h4-6,13H,7H2,1-3H3/b8-6+. The summed E-state index contributed by atoms with van der Waals surface area (Å²) in [6.07, 6.45) is 4.20. The van der Waals surface area contributed by atoms with Crippen LogP contribution in [-0.2, 0) is 9.59 Å². The number of imide groups is 1. The number of hydrogen-bond donors (Lipinski definition) is 1.